The van der Waals surface area contributed by atoms with Crippen LogP contribution in [0.3, 0.4) is 0 Å². The van der Waals surface area contributed by atoms with E-state index in [1.165, 1.54) is 0 Å². The van der Waals surface area contributed by atoms with Crippen LogP contribution < -0.4 is 4.72 Å². The molecule has 20 heavy (non-hydrogen) atoms. The minimum Gasteiger partial charge on any atom is -0.258 e. The van der Waals surface area contributed by atoms with Gasteiger partial charge in [-0.1, -0.05) is 6.92 Å². The van der Waals surface area contributed by atoms with E-state index in [0.717, 1.165) is 12.1 Å². The molecule has 1 N–H and O–H groups in total. The van der Waals surface area contributed by atoms with Crippen LogP contribution in [0.5, 0.6) is 0 Å². The van der Waals surface area contributed by atoms with Gasteiger partial charge in [0.2, 0.25) is 10.0 Å². The van der Waals surface area contributed by atoms with Crippen LogP contribution in [0.2, 0.25) is 0 Å². The summed E-state index contributed by atoms with van der Waals surface area (Å²) in [5.74, 6) is 1.44. The van der Waals surface area contributed by atoms with Gasteiger partial charge >= 0.3 is 0 Å². The number of nitrogens with zero attached hydrogens (tertiary/aromatic N) is 1. The van der Waals surface area contributed by atoms with Crippen molar-refractivity contribution >= 4 is 15.7 Å². The van der Waals surface area contributed by atoms with E-state index in [2.05, 4.69) is 10.6 Å². The molecule has 0 aliphatic carbocycles. The summed E-state index contributed by atoms with van der Waals surface area (Å²) in [6, 6.07) is 1.74. The van der Waals surface area contributed by atoms with E-state index < -0.39 is 37.4 Å². The van der Waals surface area contributed by atoms with Gasteiger partial charge in [0, 0.05) is 12.5 Å². The molecule has 0 amide bonds. The number of nitro groups is 1. The first-order valence-electron chi connectivity index (χ1n) is 5.71. The van der Waals surface area contributed by atoms with Crippen molar-refractivity contribution in [3.05, 3.63) is 34.1 Å². The number of hydrogen-bond acceptors (Lipinski definition) is 4. The number of nitro benzene ring substituents is 1. The number of rotatable bonds is 6. The van der Waals surface area contributed by atoms with Gasteiger partial charge in [-0.15, -0.1) is 12.3 Å². The predicted octanol–water partition coefficient (Wildman–Crippen LogP) is 1.81. The molecule has 0 spiro atoms. The van der Waals surface area contributed by atoms with Gasteiger partial charge in [-0.3, -0.25) is 10.1 Å². The first-order valence-corrected chi connectivity index (χ1v) is 7.20. The van der Waals surface area contributed by atoms with Gasteiger partial charge in [-0.2, -0.15) is 0 Å². The monoisotopic (exact) mass is 300 g/mol. The van der Waals surface area contributed by atoms with E-state index in [0.29, 0.717) is 12.5 Å². The van der Waals surface area contributed by atoms with E-state index in [-0.39, 0.29) is 6.42 Å². The van der Waals surface area contributed by atoms with Crippen molar-refractivity contribution in [2.45, 2.75) is 30.7 Å². The maximum Gasteiger partial charge on any atom is 0.292 e. The van der Waals surface area contributed by atoms with Gasteiger partial charge in [0.15, 0.2) is 4.90 Å². The van der Waals surface area contributed by atoms with Crippen molar-refractivity contribution in [1.82, 2.24) is 4.72 Å². The quantitative estimate of drug-likeness (QED) is 0.493. The largest absolute Gasteiger partial charge is 0.292 e. The third kappa shape index (κ3) is 3.76. The molecule has 0 fully saturated rings. The van der Waals surface area contributed by atoms with Crippen LogP contribution in [0.15, 0.2) is 23.1 Å². The number of benzene rings is 1. The maximum atomic E-state index is 13.0. The van der Waals surface area contributed by atoms with Gasteiger partial charge in [0.05, 0.1) is 11.0 Å². The first kappa shape index (κ1) is 16.1. The highest BCUT2D eigenvalue weighted by Crippen LogP contribution is 2.24. The summed E-state index contributed by atoms with van der Waals surface area (Å²) in [7, 11) is -4.14. The third-order valence-corrected chi connectivity index (χ3v) is 4.15. The SMILES string of the molecule is C#CCC(CC)NS(=O)(=O)c1ccc(F)cc1[N+](=O)[O-]. The van der Waals surface area contributed by atoms with Crippen molar-refractivity contribution in [3.63, 3.8) is 0 Å². The fourth-order valence-corrected chi connectivity index (χ4v) is 3.03. The number of sulfonamides is 1. The highest BCUT2D eigenvalue weighted by Gasteiger charge is 2.28. The minimum atomic E-state index is -4.14. The molecule has 0 aliphatic rings. The van der Waals surface area contributed by atoms with Gasteiger partial charge < -0.3 is 0 Å². The molecule has 1 rings (SSSR count). The molecule has 0 bridgehead atoms. The van der Waals surface area contributed by atoms with E-state index in [4.69, 9.17) is 6.42 Å². The fourth-order valence-electron chi connectivity index (χ4n) is 1.55. The topological polar surface area (TPSA) is 89.3 Å². The fraction of sp³-hybridized carbons (Fsp3) is 0.333. The number of terminal acetylenes is 1. The number of hydrogen-bond donors (Lipinski definition) is 1. The predicted molar refractivity (Wildman–Crippen MR) is 70.9 cm³/mol. The Bertz CT molecular complexity index is 652. The summed E-state index contributed by atoms with van der Waals surface area (Å²) in [5.41, 5.74) is -0.812. The maximum absolute atomic E-state index is 13.0. The molecule has 1 atom stereocenters. The lowest BCUT2D eigenvalue weighted by atomic mass is 10.2. The molecule has 1 aromatic rings. The third-order valence-electron chi connectivity index (χ3n) is 2.59. The summed E-state index contributed by atoms with van der Waals surface area (Å²) in [6.45, 7) is 1.73. The lowest BCUT2D eigenvalue weighted by molar-refractivity contribution is -0.388. The van der Waals surface area contributed by atoms with E-state index in [1.54, 1.807) is 6.92 Å². The van der Waals surface area contributed by atoms with Gasteiger partial charge in [0.25, 0.3) is 5.69 Å². The molecule has 6 nitrogen and oxygen atoms in total. The second-order valence-corrected chi connectivity index (χ2v) is 5.69. The second-order valence-electron chi connectivity index (χ2n) is 4.00. The molecule has 1 aromatic carbocycles. The summed E-state index contributed by atoms with van der Waals surface area (Å²) < 4.78 is 39.5. The Kier molecular flexibility index (Phi) is 5.19. The highest BCUT2D eigenvalue weighted by atomic mass is 32.2. The Labute approximate surface area is 116 Å². The Morgan fingerprint density at radius 2 is 2.20 bits per heavy atom. The molecule has 0 saturated heterocycles. The molecule has 8 heteroatoms. The van der Waals surface area contributed by atoms with Crippen molar-refractivity contribution < 1.29 is 17.7 Å². The van der Waals surface area contributed by atoms with E-state index in [9.17, 15) is 22.9 Å². The summed E-state index contributed by atoms with van der Waals surface area (Å²) in [6.07, 6.45) is 5.70. The number of halogens is 1. The zero-order valence-corrected chi connectivity index (χ0v) is 11.5. The lowest BCUT2D eigenvalue weighted by Gasteiger charge is -2.14. The standard InChI is InChI=1S/C12H13FN2O4S/c1-3-5-10(4-2)14-20(18,19)12-7-6-9(13)8-11(12)15(16)17/h1,6-8,10,14H,4-5H2,2H3. The summed E-state index contributed by atoms with van der Waals surface area (Å²) >= 11 is 0. The van der Waals surface area contributed by atoms with Crippen LogP contribution in [-0.4, -0.2) is 19.4 Å². The van der Waals surface area contributed by atoms with Crippen molar-refractivity contribution in [1.29, 1.82) is 0 Å². The molecule has 0 aliphatic heterocycles. The molecule has 108 valence electrons. The Hall–Kier alpha value is -1.98. The zero-order valence-electron chi connectivity index (χ0n) is 10.7. The summed E-state index contributed by atoms with van der Waals surface area (Å²) in [4.78, 5) is 9.29. The molecule has 1 unspecified atom stereocenters. The van der Waals surface area contributed by atoms with Crippen LogP contribution in [0, 0.1) is 28.3 Å². The van der Waals surface area contributed by atoms with Crippen molar-refractivity contribution in [2.75, 3.05) is 0 Å². The van der Waals surface area contributed by atoms with Gasteiger partial charge in [-0.05, 0) is 18.6 Å². The second kappa shape index (κ2) is 6.45. The highest BCUT2D eigenvalue weighted by molar-refractivity contribution is 7.89. The molecule has 0 saturated carbocycles. The molecular formula is C12H13FN2O4S. The van der Waals surface area contributed by atoms with E-state index in [1.807, 2.05) is 0 Å². The van der Waals surface area contributed by atoms with Crippen LogP contribution in [0.25, 0.3) is 0 Å². The first-order chi connectivity index (χ1) is 9.31. The average molecular weight is 300 g/mol. The zero-order chi connectivity index (χ0) is 15.3. The smallest absolute Gasteiger partial charge is 0.258 e. The molecule has 0 radical (unpaired) electrons. The Morgan fingerprint density at radius 3 is 2.70 bits per heavy atom. The van der Waals surface area contributed by atoms with Gasteiger partial charge in [0.1, 0.15) is 5.82 Å². The lowest BCUT2D eigenvalue weighted by Crippen LogP contribution is -2.34. The Morgan fingerprint density at radius 1 is 1.55 bits per heavy atom. The normalized spacial score (nSPS) is 12.7. The summed E-state index contributed by atoms with van der Waals surface area (Å²) in [5, 5.41) is 10.8. The minimum absolute atomic E-state index is 0.157. The Balaban J connectivity index is 3.22. The van der Waals surface area contributed by atoms with Gasteiger partial charge in [-0.25, -0.2) is 17.5 Å². The van der Waals surface area contributed by atoms with Crippen LogP contribution in [0.4, 0.5) is 10.1 Å². The van der Waals surface area contributed by atoms with Crippen LogP contribution in [-0.2, 0) is 10.0 Å². The molecule has 0 heterocycles. The van der Waals surface area contributed by atoms with E-state index >= 15 is 0 Å². The molecular weight excluding hydrogens is 287 g/mol. The number of nitrogens with one attached hydrogen (secondary N) is 1. The molecule has 0 aromatic heterocycles. The van der Waals surface area contributed by atoms with Crippen LogP contribution >= 0.6 is 0 Å². The average Bonchev–Trinajstić information content (AvgIpc) is 2.37. The van der Waals surface area contributed by atoms with Crippen LogP contribution in [0.1, 0.15) is 19.8 Å². The van der Waals surface area contributed by atoms with Crippen molar-refractivity contribution in [3.8, 4) is 12.3 Å². The van der Waals surface area contributed by atoms with Crippen molar-refractivity contribution in [2.24, 2.45) is 0 Å².